The molecule has 1 atom stereocenters. The van der Waals surface area contributed by atoms with Gasteiger partial charge < -0.3 is 20.4 Å². The second-order valence-corrected chi connectivity index (χ2v) is 7.74. The van der Waals surface area contributed by atoms with Gasteiger partial charge in [0.05, 0.1) is 0 Å². The molecule has 2 heterocycles. The highest BCUT2D eigenvalue weighted by Crippen LogP contribution is 2.27. The fourth-order valence-corrected chi connectivity index (χ4v) is 3.90. The smallest absolute Gasteiger partial charge is 0.225 e. The van der Waals surface area contributed by atoms with E-state index in [1.807, 2.05) is 36.2 Å². The number of nitrogens with zero attached hydrogens (tertiary/aromatic N) is 4. The van der Waals surface area contributed by atoms with Crippen LogP contribution in [0.4, 0.5) is 5.82 Å². The summed E-state index contributed by atoms with van der Waals surface area (Å²) in [6, 6.07) is 4.33. The van der Waals surface area contributed by atoms with Crippen molar-refractivity contribution < 1.29 is 4.79 Å². The van der Waals surface area contributed by atoms with Crippen LogP contribution in [-0.4, -0.2) is 62.0 Å². The molecule has 3 rings (SSSR count). The van der Waals surface area contributed by atoms with Gasteiger partial charge >= 0.3 is 0 Å². The van der Waals surface area contributed by atoms with Crippen LogP contribution in [0.3, 0.4) is 0 Å². The van der Waals surface area contributed by atoms with Crippen molar-refractivity contribution in [2.24, 2.45) is 10.9 Å². The minimum Gasteiger partial charge on any atom is -0.363 e. The SMILES string of the molecule is CN=C(NCc1ccnc(N(C)C)c1)NC1CCN(C(=O)C2CCCC2)C1.I. The summed E-state index contributed by atoms with van der Waals surface area (Å²) >= 11 is 0. The van der Waals surface area contributed by atoms with Crippen LogP contribution in [0.2, 0.25) is 0 Å². The molecule has 0 spiro atoms. The molecule has 1 saturated carbocycles. The third-order valence-corrected chi connectivity index (χ3v) is 5.50. The number of aromatic nitrogens is 1. The predicted molar refractivity (Wildman–Crippen MR) is 124 cm³/mol. The fraction of sp³-hybridized carbons (Fsp3) is 0.650. The number of anilines is 1. The Morgan fingerprint density at radius 2 is 2.07 bits per heavy atom. The van der Waals surface area contributed by atoms with Crippen molar-refractivity contribution in [3.8, 4) is 0 Å². The molecule has 0 radical (unpaired) electrons. The first-order chi connectivity index (χ1) is 13.1. The largest absolute Gasteiger partial charge is 0.363 e. The van der Waals surface area contributed by atoms with Crippen molar-refractivity contribution in [2.45, 2.75) is 44.7 Å². The second-order valence-electron chi connectivity index (χ2n) is 7.74. The summed E-state index contributed by atoms with van der Waals surface area (Å²) in [5.41, 5.74) is 1.15. The van der Waals surface area contributed by atoms with Gasteiger partial charge in [-0.3, -0.25) is 9.79 Å². The summed E-state index contributed by atoms with van der Waals surface area (Å²) < 4.78 is 0. The second kappa shape index (κ2) is 10.8. The lowest BCUT2D eigenvalue weighted by molar-refractivity contribution is -0.134. The van der Waals surface area contributed by atoms with Crippen molar-refractivity contribution in [1.29, 1.82) is 0 Å². The van der Waals surface area contributed by atoms with Crippen molar-refractivity contribution in [2.75, 3.05) is 39.1 Å². The van der Waals surface area contributed by atoms with E-state index in [0.717, 1.165) is 49.7 Å². The van der Waals surface area contributed by atoms with Crippen LogP contribution >= 0.6 is 24.0 Å². The number of amides is 1. The Balaban J connectivity index is 0.00000280. The molecular weight excluding hydrogens is 467 g/mol. The monoisotopic (exact) mass is 500 g/mol. The lowest BCUT2D eigenvalue weighted by Crippen LogP contribution is -2.45. The zero-order valence-electron chi connectivity index (χ0n) is 17.1. The Kier molecular flexibility index (Phi) is 8.78. The van der Waals surface area contributed by atoms with Gasteiger partial charge in [0, 0.05) is 58.9 Å². The number of nitrogens with one attached hydrogen (secondary N) is 2. The average Bonchev–Trinajstić information content (AvgIpc) is 3.37. The molecule has 1 aliphatic carbocycles. The molecule has 1 aliphatic heterocycles. The minimum absolute atomic E-state index is 0. The van der Waals surface area contributed by atoms with E-state index in [4.69, 9.17) is 0 Å². The van der Waals surface area contributed by atoms with Gasteiger partial charge in [-0.15, -0.1) is 24.0 Å². The van der Waals surface area contributed by atoms with E-state index in [-0.39, 0.29) is 35.9 Å². The first kappa shape index (κ1) is 22.7. The molecule has 1 unspecified atom stereocenters. The summed E-state index contributed by atoms with van der Waals surface area (Å²) in [6.45, 7) is 2.30. The lowest BCUT2D eigenvalue weighted by atomic mass is 10.1. The maximum absolute atomic E-state index is 12.6. The number of carbonyl (C=O) groups is 1. The lowest BCUT2D eigenvalue weighted by Gasteiger charge is -2.21. The van der Waals surface area contributed by atoms with E-state index in [9.17, 15) is 4.79 Å². The zero-order chi connectivity index (χ0) is 19.2. The van der Waals surface area contributed by atoms with Crippen LogP contribution < -0.4 is 15.5 Å². The average molecular weight is 500 g/mol. The number of aliphatic imine (C=N–C) groups is 1. The maximum Gasteiger partial charge on any atom is 0.225 e. The molecule has 156 valence electrons. The Morgan fingerprint density at radius 1 is 1.32 bits per heavy atom. The van der Waals surface area contributed by atoms with Crippen LogP contribution in [0.5, 0.6) is 0 Å². The van der Waals surface area contributed by atoms with E-state index in [1.54, 1.807) is 7.05 Å². The molecular formula is C20H33IN6O. The molecule has 1 aromatic rings. The van der Waals surface area contributed by atoms with Crippen LogP contribution in [0.1, 0.15) is 37.7 Å². The van der Waals surface area contributed by atoms with Crippen molar-refractivity contribution in [1.82, 2.24) is 20.5 Å². The van der Waals surface area contributed by atoms with Gasteiger partial charge in [-0.1, -0.05) is 12.8 Å². The number of rotatable bonds is 5. The first-order valence-corrected chi connectivity index (χ1v) is 9.95. The Bertz CT molecular complexity index is 674. The third-order valence-electron chi connectivity index (χ3n) is 5.50. The normalized spacial score (nSPS) is 20.0. The molecule has 2 aliphatic rings. The molecule has 1 amide bonds. The number of likely N-dealkylation sites (tertiary alicyclic amines) is 1. The molecule has 2 fully saturated rings. The summed E-state index contributed by atoms with van der Waals surface area (Å²) in [5, 5.41) is 6.83. The van der Waals surface area contributed by atoms with Crippen molar-refractivity contribution >= 4 is 41.7 Å². The fourth-order valence-electron chi connectivity index (χ4n) is 3.90. The van der Waals surface area contributed by atoms with Crippen LogP contribution in [-0.2, 0) is 11.3 Å². The molecule has 8 heteroatoms. The highest BCUT2D eigenvalue weighted by atomic mass is 127. The number of hydrogen-bond donors (Lipinski definition) is 2. The standard InChI is InChI=1S/C20H32N6O.HI/c1-21-20(23-13-15-8-10-22-18(12-15)25(2)3)24-17-9-11-26(14-17)19(27)16-6-4-5-7-16;/h8,10,12,16-17H,4-7,9,11,13-14H2,1-3H3,(H2,21,23,24);1H. The third kappa shape index (κ3) is 5.96. The Hall–Kier alpha value is -1.58. The Morgan fingerprint density at radius 3 is 2.75 bits per heavy atom. The van der Waals surface area contributed by atoms with Gasteiger partial charge in [-0.25, -0.2) is 4.98 Å². The van der Waals surface area contributed by atoms with Crippen molar-refractivity contribution in [3.05, 3.63) is 23.9 Å². The topological polar surface area (TPSA) is 72.9 Å². The van der Waals surface area contributed by atoms with E-state index in [2.05, 4.69) is 26.7 Å². The molecule has 0 bridgehead atoms. The van der Waals surface area contributed by atoms with Crippen LogP contribution in [0, 0.1) is 5.92 Å². The minimum atomic E-state index is 0. The highest BCUT2D eigenvalue weighted by Gasteiger charge is 2.32. The van der Waals surface area contributed by atoms with E-state index in [0.29, 0.717) is 12.5 Å². The van der Waals surface area contributed by atoms with Gasteiger partial charge in [0.2, 0.25) is 5.91 Å². The number of guanidine groups is 1. The van der Waals surface area contributed by atoms with Gasteiger partial charge in [-0.2, -0.15) is 0 Å². The summed E-state index contributed by atoms with van der Waals surface area (Å²) in [4.78, 5) is 25.3. The molecule has 0 aromatic carbocycles. The van der Waals surface area contributed by atoms with Crippen LogP contribution in [0.25, 0.3) is 0 Å². The van der Waals surface area contributed by atoms with Gasteiger partial charge in [-0.05, 0) is 37.0 Å². The first-order valence-electron chi connectivity index (χ1n) is 9.95. The number of pyridine rings is 1. The maximum atomic E-state index is 12.6. The van der Waals surface area contributed by atoms with Crippen molar-refractivity contribution in [3.63, 3.8) is 0 Å². The highest BCUT2D eigenvalue weighted by molar-refractivity contribution is 14.0. The van der Waals surface area contributed by atoms with Gasteiger partial charge in [0.15, 0.2) is 5.96 Å². The summed E-state index contributed by atoms with van der Waals surface area (Å²) in [6.07, 6.45) is 7.33. The van der Waals surface area contributed by atoms with E-state index >= 15 is 0 Å². The summed E-state index contributed by atoms with van der Waals surface area (Å²) in [7, 11) is 5.75. The number of carbonyl (C=O) groups excluding carboxylic acids is 1. The predicted octanol–water partition coefficient (Wildman–Crippen LogP) is 2.22. The molecule has 2 N–H and O–H groups in total. The zero-order valence-corrected chi connectivity index (χ0v) is 19.5. The Labute approximate surface area is 185 Å². The van der Waals surface area contributed by atoms with E-state index in [1.165, 1.54) is 12.8 Å². The molecule has 1 saturated heterocycles. The molecule has 1 aromatic heterocycles. The van der Waals surface area contributed by atoms with E-state index < -0.39 is 0 Å². The molecule has 7 nitrogen and oxygen atoms in total. The van der Waals surface area contributed by atoms with Gasteiger partial charge in [0.25, 0.3) is 0 Å². The number of hydrogen-bond acceptors (Lipinski definition) is 4. The number of halogens is 1. The summed E-state index contributed by atoms with van der Waals surface area (Å²) in [5.74, 6) is 2.33. The molecule has 28 heavy (non-hydrogen) atoms. The quantitative estimate of drug-likeness (QED) is 0.369. The van der Waals surface area contributed by atoms with Gasteiger partial charge in [0.1, 0.15) is 5.82 Å². The van der Waals surface area contributed by atoms with Crippen LogP contribution in [0.15, 0.2) is 23.3 Å².